The van der Waals surface area contributed by atoms with E-state index in [2.05, 4.69) is 22.1 Å². The lowest BCUT2D eigenvalue weighted by Crippen LogP contribution is -2.23. The van der Waals surface area contributed by atoms with E-state index in [-0.39, 0.29) is 6.10 Å². The van der Waals surface area contributed by atoms with Gasteiger partial charge in [-0.25, -0.2) is 0 Å². The highest BCUT2D eigenvalue weighted by molar-refractivity contribution is 7.08. The molecule has 0 radical (unpaired) electrons. The second-order valence-electron chi connectivity index (χ2n) is 4.09. The van der Waals surface area contributed by atoms with E-state index >= 15 is 0 Å². The van der Waals surface area contributed by atoms with Crippen LogP contribution >= 0.6 is 22.9 Å². The molecule has 0 spiro atoms. The van der Waals surface area contributed by atoms with E-state index in [1.807, 2.05) is 18.2 Å². The summed E-state index contributed by atoms with van der Waals surface area (Å²) in [6.07, 6.45) is 1.12. The third-order valence-electron chi connectivity index (χ3n) is 2.82. The van der Waals surface area contributed by atoms with Gasteiger partial charge < -0.3 is 10.1 Å². The van der Waals surface area contributed by atoms with E-state index < -0.39 is 0 Å². The highest BCUT2D eigenvalue weighted by Gasteiger charge is 2.22. The zero-order valence-electron chi connectivity index (χ0n) is 9.15. The Morgan fingerprint density at radius 2 is 2.35 bits per heavy atom. The number of thiophene rings is 1. The topological polar surface area (TPSA) is 21.3 Å². The van der Waals surface area contributed by atoms with Crippen molar-refractivity contribution in [3.8, 4) is 5.75 Å². The standard InChI is InChI=1S/C13H12ClNOS/c14-10-1-2-13-9(5-10)6-12(16-13)7-15-11-3-4-17-8-11/h1-5,8,12,15H,6-7H2. The largest absolute Gasteiger partial charge is 0.488 e. The van der Waals surface area contributed by atoms with Crippen LogP contribution in [0.25, 0.3) is 0 Å². The normalized spacial score (nSPS) is 17.6. The Kier molecular flexibility index (Phi) is 2.95. The molecule has 1 aliphatic heterocycles. The van der Waals surface area contributed by atoms with Crippen LogP contribution in [0.5, 0.6) is 5.75 Å². The maximum atomic E-state index is 5.96. The van der Waals surface area contributed by atoms with Crippen molar-refractivity contribution in [1.82, 2.24) is 0 Å². The van der Waals surface area contributed by atoms with Gasteiger partial charge >= 0.3 is 0 Å². The van der Waals surface area contributed by atoms with Crippen molar-refractivity contribution in [2.45, 2.75) is 12.5 Å². The molecule has 1 N–H and O–H groups in total. The molecule has 0 fully saturated rings. The maximum Gasteiger partial charge on any atom is 0.123 e. The van der Waals surface area contributed by atoms with Crippen molar-refractivity contribution < 1.29 is 4.74 Å². The SMILES string of the molecule is Clc1ccc2c(c1)CC(CNc1ccsc1)O2. The molecule has 1 aromatic carbocycles. The summed E-state index contributed by atoms with van der Waals surface area (Å²) in [6, 6.07) is 7.88. The summed E-state index contributed by atoms with van der Waals surface area (Å²) in [5, 5.41) is 8.30. The molecule has 1 aromatic heterocycles. The first kappa shape index (κ1) is 10.9. The molecule has 0 amide bonds. The minimum absolute atomic E-state index is 0.198. The third-order valence-corrected chi connectivity index (χ3v) is 3.74. The van der Waals surface area contributed by atoms with Crippen LogP contribution in [0.2, 0.25) is 5.02 Å². The van der Waals surface area contributed by atoms with Gasteiger partial charge in [-0.05, 0) is 35.2 Å². The molecule has 0 saturated carbocycles. The Labute approximate surface area is 109 Å². The predicted molar refractivity (Wildman–Crippen MR) is 72.4 cm³/mol. The summed E-state index contributed by atoms with van der Waals surface area (Å²) in [5.41, 5.74) is 2.36. The predicted octanol–water partition coefficient (Wildman–Crippen LogP) is 3.82. The Morgan fingerprint density at radius 1 is 1.41 bits per heavy atom. The van der Waals surface area contributed by atoms with Gasteiger partial charge in [0.05, 0.1) is 6.54 Å². The molecule has 1 atom stereocenters. The first-order chi connectivity index (χ1) is 8.31. The van der Waals surface area contributed by atoms with Crippen LogP contribution in [0.15, 0.2) is 35.0 Å². The van der Waals surface area contributed by atoms with Gasteiger partial charge in [0.15, 0.2) is 0 Å². The van der Waals surface area contributed by atoms with Crippen LogP contribution < -0.4 is 10.1 Å². The first-order valence-electron chi connectivity index (χ1n) is 5.52. The number of benzene rings is 1. The van der Waals surface area contributed by atoms with Gasteiger partial charge in [-0.3, -0.25) is 0 Å². The number of hydrogen-bond donors (Lipinski definition) is 1. The zero-order chi connectivity index (χ0) is 11.7. The minimum Gasteiger partial charge on any atom is -0.488 e. The zero-order valence-corrected chi connectivity index (χ0v) is 10.7. The van der Waals surface area contributed by atoms with Crippen LogP contribution in [0.3, 0.4) is 0 Å². The molecule has 0 aliphatic carbocycles. The molecule has 0 saturated heterocycles. The summed E-state index contributed by atoms with van der Waals surface area (Å²) in [7, 11) is 0. The number of rotatable bonds is 3. The Hall–Kier alpha value is -1.19. The van der Waals surface area contributed by atoms with Gasteiger partial charge in [0, 0.05) is 22.5 Å². The van der Waals surface area contributed by atoms with Gasteiger partial charge in [0.2, 0.25) is 0 Å². The molecular formula is C13H12ClNOS. The number of hydrogen-bond acceptors (Lipinski definition) is 3. The Balaban J connectivity index is 1.62. The van der Waals surface area contributed by atoms with Crippen molar-refractivity contribution >= 4 is 28.6 Å². The molecule has 2 aromatic rings. The lowest BCUT2D eigenvalue weighted by atomic mass is 10.1. The van der Waals surface area contributed by atoms with Gasteiger partial charge in [-0.1, -0.05) is 11.6 Å². The number of halogens is 1. The second kappa shape index (κ2) is 4.59. The average molecular weight is 266 g/mol. The van der Waals surface area contributed by atoms with Crippen molar-refractivity contribution in [3.05, 3.63) is 45.6 Å². The maximum absolute atomic E-state index is 5.96. The van der Waals surface area contributed by atoms with E-state index in [9.17, 15) is 0 Å². The average Bonchev–Trinajstić information content (AvgIpc) is 2.94. The van der Waals surface area contributed by atoms with Crippen molar-refractivity contribution in [3.63, 3.8) is 0 Å². The Morgan fingerprint density at radius 3 is 3.18 bits per heavy atom. The molecular weight excluding hydrogens is 254 g/mol. The lowest BCUT2D eigenvalue weighted by molar-refractivity contribution is 0.246. The van der Waals surface area contributed by atoms with Gasteiger partial charge in [0.1, 0.15) is 11.9 Å². The number of fused-ring (bicyclic) bond motifs is 1. The number of ether oxygens (including phenoxy) is 1. The summed E-state index contributed by atoms with van der Waals surface area (Å²) in [5.74, 6) is 0.964. The second-order valence-corrected chi connectivity index (χ2v) is 5.31. The van der Waals surface area contributed by atoms with E-state index in [1.54, 1.807) is 11.3 Å². The van der Waals surface area contributed by atoms with Crippen molar-refractivity contribution in [2.75, 3.05) is 11.9 Å². The third kappa shape index (κ3) is 2.40. The molecule has 3 rings (SSSR count). The van der Waals surface area contributed by atoms with E-state index in [0.29, 0.717) is 0 Å². The smallest absolute Gasteiger partial charge is 0.123 e. The molecule has 1 aliphatic rings. The van der Waals surface area contributed by atoms with Crippen LogP contribution in [0.1, 0.15) is 5.56 Å². The highest BCUT2D eigenvalue weighted by Crippen LogP contribution is 2.31. The monoisotopic (exact) mass is 265 g/mol. The Bertz CT molecular complexity index is 512. The van der Waals surface area contributed by atoms with E-state index in [4.69, 9.17) is 16.3 Å². The van der Waals surface area contributed by atoms with E-state index in [0.717, 1.165) is 29.4 Å². The molecule has 17 heavy (non-hydrogen) atoms. The molecule has 88 valence electrons. The summed E-state index contributed by atoms with van der Waals surface area (Å²) in [4.78, 5) is 0. The van der Waals surface area contributed by atoms with Gasteiger partial charge in [0.25, 0.3) is 0 Å². The molecule has 2 nitrogen and oxygen atoms in total. The molecule has 1 unspecified atom stereocenters. The van der Waals surface area contributed by atoms with Crippen LogP contribution in [-0.4, -0.2) is 12.6 Å². The van der Waals surface area contributed by atoms with Crippen molar-refractivity contribution in [2.24, 2.45) is 0 Å². The molecule has 0 bridgehead atoms. The summed E-state index contributed by atoms with van der Waals surface area (Å²) >= 11 is 7.65. The van der Waals surface area contributed by atoms with Crippen molar-refractivity contribution in [1.29, 1.82) is 0 Å². The molecule has 2 heterocycles. The van der Waals surface area contributed by atoms with Crippen LogP contribution in [0.4, 0.5) is 5.69 Å². The number of anilines is 1. The van der Waals surface area contributed by atoms with Gasteiger partial charge in [-0.15, -0.1) is 0 Å². The quantitative estimate of drug-likeness (QED) is 0.911. The highest BCUT2D eigenvalue weighted by atomic mass is 35.5. The minimum atomic E-state index is 0.198. The van der Waals surface area contributed by atoms with E-state index in [1.165, 1.54) is 5.56 Å². The number of nitrogens with one attached hydrogen (secondary N) is 1. The van der Waals surface area contributed by atoms with Crippen LogP contribution in [-0.2, 0) is 6.42 Å². The first-order valence-corrected chi connectivity index (χ1v) is 6.84. The lowest BCUT2D eigenvalue weighted by Gasteiger charge is -2.11. The van der Waals surface area contributed by atoms with Crippen LogP contribution in [0, 0.1) is 0 Å². The fourth-order valence-corrected chi connectivity index (χ4v) is 2.81. The summed E-state index contributed by atoms with van der Waals surface area (Å²) < 4.78 is 5.84. The van der Waals surface area contributed by atoms with Gasteiger partial charge in [-0.2, -0.15) is 11.3 Å². The summed E-state index contributed by atoms with van der Waals surface area (Å²) in [6.45, 7) is 0.822. The molecule has 4 heteroatoms. The fraction of sp³-hybridized carbons (Fsp3) is 0.231. The fourth-order valence-electron chi connectivity index (χ4n) is 2.00.